The minimum Gasteiger partial charge on any atom is -0.457 e. The van der Waals surface area contributed by atoms with Crippen molar-refractivity contribution in [3.63, 3.8) is 0 Å². The summed E-state index contributed by atoms with van der Waals surface area (Å²) < 4.78 is 5.96. The van der Waals surface area contributed by atoms with E-state index < -0.39 is 5.97 Å². The fourth-order valence-electron chi connectivity index (χ4n) is 5.77. The summed E-state index contributed by atoms with van der Waals surface area (Å²) in [5.74, 6) is 2.06. The lowest BCUT2D eigenvalue weighted by molar-refractivity contribution is -0.143. The first-order chi connectivity index (χ1) is 22.4. The third kappa shape index (κ3) is 9.31. The van der Waals surface area contributed by atoms with Gasteiger partial charge in [0, 0.05) is 11.1 Å². The fourth-order valence-corrected chi connectivity index (χ4v) is 8.03. The third-order valence-corrected chi connectivity index (χ3v) is 11.2. The van der Waals surface area contributed by atoms with Crippen molar-refractivity contribution in [2.45, 2.75) is 88.1 Å². The lowest BCUT2D eigenvalue weighted by Gasteiger charge is -2.11. The molecule has 0 bridgehead atoms. The lowest BCUT2D eigenvalue weighted by atomic mass is 9.96. The second-order valence-electron chi connectivity index (χ2n) is 11.8. The Bertz CT molecular complexity index is 1440. The largest absolute Gasteiger partial charge is 0.457 e. The van der Waals surface area contributed by atoms with Gasteiger partial charge in [-0.3, -0.25) is 9.59 Å². The first-order valence-electron chi connectivity index (χ1n) is 16.2. The van der Waals surface area contributed by atoms with Crippen LogP contribution in [0.2, 0.25) is 0 Å². The van der Waals surface area contributed by atoms with Gasteiger partial charge in [0.2, 0.25) is 11.6 Å². The highest BCUT2D eigenvalue weighted by Crippen LogP contribution is 2.30. The van der Waals surface area contributed by atoms with Crippen LogP contribution in [0.4, 0.5) is 0 Å². The quantitative estimate of drug-likeness (QED) is 0.0861. The van der Waals surface area contributed by atoms with Crippen molar-refractivity contribution in [3.8, 4) is 11.5 Å². The van der Waals surface area contributed by atoms with Crippen LogP contribution in [0.1, 0.15) is 98.3 Å². The minimum atomic E-state index is -0.410. The van der Waals surface area contributed by atoms with Gasteiger partial charge in [-0.05, 0) is 111 Å². The van der Waals surface area contributed by atoms with Crippen LogP contribution in [0.25, 0.3) is 0 Å². The number of nitrogens with zero attached hydrogens (tertiary/aromatic N) is 2. The second-order valence-corrected chi connectivity index (χ2v) is 14.4. The number of carbonyl (C=O) groups is 4. The Morgan fingerprint density at radius 1 is 0.674 bits per heavy atom. The number of ether oxygens (including phenoxy) is 1. The molecule has 1 aliphatic carbocycles. The van der Waals surface area contributed by atoms with E-state index in [-0.39, 0.29) is 39.5 Å². The van der Waals surface area contributed by atoms with Crippen molar-refractivity contribution in [3.05, 3.63) is 59.7 Å². The molecule has 3 fully saturated rings. The van der Waals surface area contributed by atoms with Gasteiger partial charge in [-0.25, -0.2) is 9.59 Å². The van der Waals surface area contributed by atoms with Crippen molar-refractivity contribution in [1.82, 2.24) is 0 Å². The molecule has 244 valence electrons. The lowest BCUT2D eigenvalue weighted by Crippen LogP contribution is -2.20. The van der Waals surface area contributed by atoms with Gasteiger partial charge in [0.1, 0.15) is 33.4 Å². The summed E-state index contributed by atoms with van der Waals surface area (Å²) >= 11 is 3.12. The zero-order valence-corrected chi connectivity index (χ0v) is 27.7. The molecule has 1 saturated carbocycles. The van der Waals surface area contributed by atoms with Gasteiger partial charge in [-0.15, -0.1) is 23.5 Å². The zero-order valence-electron chi connectivity index (χ0n) is 26.1. The molecule has 2 unspecified atom stereocenters. The van der Waals surface area contributed by atoms with Crippen LogP contribution in [0.15, 0.2) is 58.8 Å². The molecule has 2 saturated heterocycles. The zero-order chi connectivity index (χ0) is 32.3. The van der Waals surface area contributed by atoms with Crippen molar-refractivity contribution in [1.29, 1.82) is 0 Å². The summed E-state index contributed by atoms with van der Waals surface area (Å²) in [6, 6.07) is 13.3. The highest BCUT2D eigenvalue weighted by molar-refractivity contribution is 8.01. The third-order valence-electron chi connectivity index (χ3n) is 8.47. The van der Waals surface area contributed by atoms with E-state index in [2.05, 4.69) is 10.3 Å². The first kappa shape index (κ1) is 33.9. The van der Waals surface area contributed by atoms with E-state index in [1.54, 1.807) is 79.0 Å². The number of hydrogen-bond acceptors (Lipinski definition) is 11. The van der Waals surface area contributed by atoms with E-state index in [9.17, 15) is 19.2 Å². The Labute approximate surface area is 278 Å². The molecule has 2 atom stereocenters. The molecule has 0 radical (unpaired) electrons. The van der Waals surface area contributed by atoms with E-state index in [1.807, 2.05) is 0 Å². The number of carbonyl (C=O) groups excluding carboxylic acids is 4. The maximum absolute atomic E-state index is 13.4. The summed E-state index contributed by atoms with van der Waals surface area (Å²) in [7, 11) is 0. The average molecular weight is 665 g/mol. The molecule has 3 aliphatic rings. The van der Waals surface area contributed by atoms with Crippen molar-refractivity contribution in [2.75, 3.05) is 11.5 Å². The monoisotopic (exact) mass is 664 g/mol. The van der Waals surface area contributed by atoms with E-state index in [0.717, 1.165) is 56.5 Å². The molecule has 5 rings (SSSR count). The molecule has 0 spiro atoms. The van der Waals surface area contributed by atoms with Crippen LogP contribution in [0.3, 0.4) is 0 Å². The molecule has 2 aromatic rings. The molecule has 2 aromatic carbocycles. The molecule has 0 aromatic heterocycles. The normalized spacial score (nSPS) is 20.5. The highest BCUT2D eigenvalue weighted by Gasteiger charge is 2.27. The number of rotatable bonds is 14. The Morgan fingerprint density at radius 2 is 1.15 bits per heavy atom. The summed E-state index contributed by atoms with van der Waals surface area (Å²) in [5.41, 5.74) is 1.27. The Balaban J connectivity index is 1.19. The number of benzene rings is 2. The molecule has 46 heavy (non-hydrogen) atoms. The highest BCUT2D eigenvalue weighted by atomic mass is 32.2. The van der Waals surface area contributed by atoms with E-state index >= 15 is 0 Å². The van der Waals surface area contributed by atoms with Gasteiger partial charge in [0.25, 0.3) is 0 Å². The molecule has 2 heterocycles. The number of hydrogen-bond donors (Lipinski definition) is 0. The van der Waals surface area contributed by atoms with Gasteiger partial charge in [-0.2, -0.15) is 0 Å². The van der Waals surface area contributed by atoms with Gasteiger partial charge in [0.15, 0.2) is 0 Å². The minimum absolute atomic E-state index is 0.170. The smallest absolute Gasteiger partial charge is 0.347 e. The maximum Gasteiger partial charge on any atom is 0.347 e. The summed E-state index contributed by atoms with van der Waals surface area (Å²) in [4.78, 5) is 61.4. The second kappa shape index (κ2) is 16.9. The SMILES string of the molecule is CC/C(=N\OC(=O)C1CCCS1)C(=O)c1ccc(Oc2ccc(C(=O)/C(CCC3CCCC3)=N/OC(=O)C3CCCS3)cc2)cc1. The van der Waals surface area contributed by atoms with Crippen LogP contribution >= 0.6 is 23.5 Å². The molecular formula is C35H40N2O7S2. The van der Waals surface area contributed by atoms with Crippen molar-refractivity contribution >= 4 is 58.5 Å². The molecule has 0 N–H and O–H groups in total. The predicted molar refractivity (Wildman–Crippen MR) is 181 cm³/mol. The van der Waals surface area contributed by atoms with Crippen LogP contribution < -0.4 is 4.74 Å². The van der Waals surface area contributed by atoms with E-state index in [0.29, 0.717) is 41.4 Å². The number of Topliss-reactive ketones (excluding diaryl/α,β-unsaturated/α-hetero) is 2. The van der Waals surface area contributed by atoms with Gasteiger partial charge in [0.05, 0.1) is 0 Å². The van der Waals surface area contributed by atoms with Crippen LogP contribution in [-0.2, 0) is 19.3 Å². The molecule has 9 nitrogen and oxygen atoms in total. The van der Waals surface area contributed by atoms with E-state index in [4.69, 9.17) is 14.4 Å². The predicted octanol–water partition coefficient (Wildman–Crippen LogP) is 7.81. The molecular weight excluding hydrogens is 625 g/mol. The molecule has 2 aliphatic heterocycles. The van der Waals surface area contributed by atoms with Crippen LogP contribution in [0.5, 0.6) is 11.5 Å². The molecule has 11 heteroatoms. The summed E-state index contributed by atoms with van der Waals surface area (Å²) in [6.45, 7) is 1.79. The van der Waals surface area contributed by atoms with E-state index in [1.165, 1.54) is 12.8 Å². The summed E-state index contributed by atoms with van der Waals surface area (Å²) in [5, 5.41) is 7.52. The number of ketones is 2. The summed E-state index contributed by atoms with van der Waals surface area (Å²) in [6.07, 6.45) is 9.85. The number of thioether (sulfide) groups is 2. The topological polar surface area (TPSA) is 121 Å². The van der Waals surface area contributed by atoms with Crippen LogP contribution in [0, 0.1) is 5.92 Å². The maximum atomic E-state index is 13.4. The Kier molecular flexibility index (Phi) is 12.5. The first-order valence-corrected chi connectivity index (χ1v) is 18.3. The Hall–Kier alpha value is -3.44. The number of oxime groups is 2. The molecule has 0 amide bonds. The Morgan fingerprint density at radius 3 is 1.61 bits per heavy atom. The van der Waals surface area contributed by atoms with Crippen molar-refractivity contribution in [2.24, 2.45) is 16.2 Å². The van der Waals surface area contributed by atoms with Crippen molar-refractivity contribution < 1.29 is 33.6 Å². The fraction of sp³-hybridized carbons (Fsp3) is 0.486. The van der Waals surface area contributed by atoms with Gasteiger partial charge >= 0.3 is 11.9 Å². The van der Waals surface area contributed by atoms with Crippen LogP contribution in [-0.4, -0.2) is 56.9 Å². The standard InChI is InChI=1S/C35H40N2O7S2/c1-2-28(36-43-34(40)30-9-5-21-45-30)32(38)24-12-16-26(17-13-24)42-27-18-14-25(15-19-27)33(39)29(20-11-23-7-3-4-8-23)37-44-35(41)31-10-6-22-46-31/h12-19,23,30-31H,2-11,20-22H2,1H3/b36-28+,37-29+. The van der Waals surface area contributed by atoms with Gasteiger partial charge in [-0.1, -0.05) is 42.9 Å². The average Bonchev–Trinajstić information content (AvgIpc) is 3.90. The van der Waals surface area contributed by atoms with Gasteiger partial charge < -0.3 is 14.4 Å².